The van der Waals surface area contributed by atoms with Crippen LogP contribution in [-0.4, -0.2) is 18.5 Å². The Labute approximate surface area is 225 Å². The number of allylic oxidation sites excluding steroid dienone is 1. The molecule has 3 aromatic carbocycles. The van der Waals surface area contributed by atoms with E-state index in [-0.39, 0.29) is 11.4 Å². The highest BCUT2D eigenvalue weighted by Crippen LogP contribution is 2.37. The van der Waals surface area contributed by atoms with Crippen molar-refractivity contribution >= 4 is 45.4 Å². The summed E-state index contributed by atoms with van der Waals surface area (Å²) in [6.07, 6.45) is 5.32. The van der Waals surface area contributed by atoms with Gasteiger partial charge < -0.3 is 20.1 Å². The van der Waals surface area contributed by atoms with E-state index in [1.54, 1.807) is 7.11 Å². The second-order valence-corrected chi connectivity index (χ2v) is 10.4. The van der Waals surface area contributed by atoms with Crippen molar-refractivity contribution in [3.8, 4) is 11.5 Å². The normalized spacial score (nSPS) is 16.0. The van der Waals surface area contributed by atoms with Gasteiger partial charge in [-0.05, 0) is 72.0 Å². The van der Waals surface area contributed by atoms with Gasteiger partial charge in [-0.1, -0.05) is 65.0 Å². The summed E-state index contributed by atoms with van der Waals surface area (Å²) in [5, 5.41) is 6.36. The lowest BCUT2D eigenvalue weighted by Crippen LogP contribution is -2.30. The number of carbonyl (C=O) groups is 1. The number of nitrogens with one attached hydrogen (secondary N) is 2. The van der Waals surface area contributed by atoms with Gasteiger partial charge in [0.1, 0.15) is 6.61 Å². The molecule has 5 nitrogen and oxygen atoms in total. The number of hydrogen-bond acceptors (Lipinski definition) is 5. The minimum atomic E-state index is -0.237. The fraction of sp³-hybridized carbons (Fsp3) is 0.207. The van der Waals surface area contributed by atoms with Crippen LogP contribution in [0.2, 0.25) is 0 Å². The Kier molecular flexibility index (Phi) is 8.78. The zero-order valence-electron chi connectivity index (χ0n) is 20.3. The van der Waals surface area contributed by atoms with Gasteiger partial charge in [-0.2, -0.15) is 0 Å². The van der Waals surface area contributed by atoms with Crippen molar-refractivity contribution in [2.75, 3.05) is 12.4 Å². The molecule has 0 aliphatic carbocycles. The Bertz CT molecular complexity index is 1260. The Morgan fingerprint density at radius 1 is 1.11 bits per heavy atom. The number of methoxy groups -OCH3 is 1. The predicted octanol–water partition coefficient (Wildman–Crippen LogP) is 6.93. The minimum Gasteiger partial charge on any atom is -0.493 e. The third kappa shape index (κ3) is 6.53. The van der Waals surface area contributed by atoms with Crippen LogP contribution >= 0.6 is 27.7 Å². The van der Waals surface area contributed by atoms with Crippen LogP contribution < -0.4 is 20.1 Å². The first-order valence-corrected chi connectivity index (χ1v) is 13.4. The summed E-state index contributed by atoms with van der Waals surface area (Å²) < 4.78 is 12.9. The standard InChI is InChI=1S/C29H29BrN2O3S/c1-4-6-22-15-21(16-25(34-3)27(22)35-18-20-7-11-23(30)12-8-20)17-26-28(33)32-29(36-26)31-24-13-9-19(5-2)10-14-24/h4,7-17,29,31H,1,5-6,18H2,2-3H3,(H,32,33)/b26-17-/t29-/m1/s1. The topological polar surface area (TPSA) is 59.6 Å². The van der Waals surface area contributed by atoms with E-state index >= 15 is 0 Å². The van der Waals surface area contributed by atoms with E-state index < -0.39 is 0 Å². The van der Waals surface area contributed by atoms with E-state index in [9.17, 15) is 4.79 Å². The van der Waals surface area contributed by atoms with Crippen LogP contribution in [0.4, 0.5) is 5.69 Å². The van der Waals surface area contributed by atoms with E-state index in [1.807, 2.05) is 60.7 Å². The number of halogens is 1. The molecule has 0 spiro atoms. The quantitative estimate of drug-likeness (QED) is 0.206. The number of carbonyl (C=O) groups excluding carboxylic acids is 1. The summed E-state index contributed by atoms with van der Waals surface area (Å²) in [5.41, 5.74) is 4.87. The number of aryl methyl sites for hydroxylation is 1. The Hall–Kier alpha value is -3.16. The number of rotatable bonds is 10. The minimum absolute atomic E-state index is 0.109. The highest BCUT2D eigenvalue weighted by molar-refractivity contribution is 9.10. The second kappa shape index (κ2) is 12.2. The number of amides is 1. The molecule has 4 rings (SSSR count). The summed E-state index contributed by atoms with van der Waals surface area (Å²) in [4.78, 5) is 13.3. The first kappa shape index (κ1) is 25.9. The van der Waals surface area contributed by atoms with Gasteiger partial charge in [0, 0.05) is 15.7 Å². The van der Waals surface area contributed by atoms with Crippen molar-refractivity contribution in [1.82, 2.24) is 5.32 Å². The fourth-order valence-electron chi connectivity index (χ4n) is 3.83. The first-order valence-electron chi connectivity index (χ1n) is 11.7. The Morgan fingerprint density at radius 3 is 2.50 bits per heavy atom. The highest BCUT2D eigenvalue weighted by atomic mass is 79.9. The first-order chi connectivity index (χ1) is 17.5. The summed E-state index contributed by atoms with van der Waals surface area (Å²) >= 11 is 4.92. The number of ether oxygens (including phenoxy) is 2. The molecule has 0 bridgehead atoms. The summed E-state index contributed by atoms with van der Waals surface area (Å²) in [6, 6.07) is 20.2. The van der Waals surface area contributed by atoms with Crippen LogP contribution in [0.25, 0.3) is 6.08 Å². The molecule has 0 unspecified atom stereocenters. The number of anilines is 1. The lowest BCUT2D eigenvalue weighted by atomic mass is 10.0. The molecule has 0 radical (unpaired) electrons. The Morgan fingerprint density at radius 2 is 1.83 bits per heavy atom. The predicted molar refractivity (Wildman–Crippen MR) is 152 cm³/mol. The maximum atomic E-state index is 12.7. The van der Waals surface area contributed by atoms with Crippen LogP contribution in [0, 0.1) is 0 Å². The fourth-order valence-corrected chi connectivity index (χ4v) is 5.08. The molecule has 0 saturated carbocycles. The highest BCUT2D eigenvalue weighted by Gasteiger charge is 2.27. The SMILES string of the molecule is C=CCc1cc(/C=C2\S[C@H](Nc3ccc(CC)cc3)NC2=O)cc(OC)c1OCc1ccc(Br)cc1. The molecule has 1 aliphatic rings. The lowest BCUT2D eigenvalue weighted by Gasteiger charge is -2.16. The van der Waals surface area contributed by atoms with Crippen LogP contribution in [-0.2, 0) is 24.2 Å². The van der Waals surface area contributed by atoms with Crippen molar-refractivity contribution in [1.29, 1.82) is 0 Å². The monoisotopic (exact) mass is 564 g/mol. The molecule has 2 N–H and O–H groups in total. The average molecular weight is 566 g/mol. The average Bonchev–Trinajstić information content (AvgIpc) is 3.22. The van der Waals surface area contributed by atoms with Crippen LogP contribution in [0.15, 0.2) is 82.7 Å². The molecule has 3 aromatic rings. The van der Waals surface area contributed by atoms with Crippen molar-refractivity contribution in [2.45, 2.75) is 31.9 Å². The molecule has 36 heavy (non-hydrogen) atoms. The maximum absolute atomic E-state index is 12.7. The molecule has 1 atom stereocenters. The van der Waals surface area contributed by atoms with Gasteiger partial charge in [-0.25, -0.2) is 0 Å². The molecule has 1 amide bonds. The summed E-state index contributed by atoms with van der Waals surface area (Å²) in [5.74, 6) is 1.19. The molecular formula is C29H29BrN2O3S. The van der Waals surface area contributed by atoms with Gasteiger partial charge >= 0.3 is 0 Å². The van der Waals surface area contributed by atoms with Gasteiger partial charge in [0.2, 0.25) is 0 Å². The van der Waals surface area contributed by atoms with Crippen LogP contribution in [0.1, 0.15) is 29.2 Å². The van der Waals surface area contributed by atoms with Gasteiger partial charge in [0.15, 0.2) is 17.0 Å². The maximum Gasteiger partial charge on any atom is 0.260 e. The molecule has 1 fully saturated rings. The largest absolute Gasteiger partial charge is 0.493 e. The van der Waals surface area contributed by atoms with Gasteiger partial charge in [0.05, 0.1) is 12.0 Å². The third-order valence-electron chi connectivity index (χ3n) is 5.72. The lowest BCUT2D eigenvalue weighted by molar-refractivity contribution is -0.116. The van der Waals surface area contributed by atoms with Gasteiger partial charge in [-0.15, -0.1) is 6.58 Å². The molecule has 0 aromatic heterocycles. The van der Waals surface area contributed by atoms with E-state index in [2.05, 4.69) is 52.2 Å². The molecule has 1 heterocycles. The van der Waals surface area contributed by atoms with Crippen molar-refractivity contribution in [3.63, 3.8) is 0 Å². The molecule has 7 heteroatoms. The van der Waals surface area contributed by atoms with E-state index in [1.165, 1.54) is 17.3 Å². The van der Waals surface area contributed by atoms with Crippen molar-refractivity contribution < 1.29 is 14.3 Å². The van der Waals surface area contributed by atoms with E-state index in [0.717, 1.165) is 33.3 Å². The Balaban J connectivity index is 1.52. The van der Waals surface area contributed by atoms with Crippen molar-refractivity contribution in [3.05, 3.63) is 105 Å². The van der Waals surface area contributed by atoms with E-state index in [0.29, 0.717) is 29.4 Å². The van der Waals surface area contributed by atoms with Gasteiger partial charge in [0.25, 0.3) is 5.91 Å². The summed E-state index contributed by atoms with van der Waals surface area (Å²) in [6.45, 7) is 6.44. The van der Waals surface area contributed by atoms with Crippen LogP contribution in [0.5, 0.6) is 11.5 Å². The summed E-state index contributed by atoms with van der Waals surface area (Å²) in [7, 11) is 1.62. The molecule has 186 valence electrons. The number of benzene rings is 3. The number of hydrogen-bond donors (Lipinski definition) is 2. The van der Waals surface area contributed by atoms with Crippen molar-refractivity contribution in [2.24, 2.45) is 0 Å². The second-order valence-electron chi connectivity index (χ2n) is 8.29. The molecule has 1 saturated heterocycles. The van der Waals surface area contributed by atoms with Crippen LogP contribution in [0.3, 0.4) is 0 Å². The number of thioether (sulfide) groups is 1. The zero-order chi connectivity index (χ0) is 25.5. The third-order valence-corrected chi connectivity index (χ3v) is 7.28. The molecular weight excluding hydrogens is 536 g/mol. The smallest absolute Gasteiger partial charge is 0.260 e. The van der Waals surface area contributed by atoms with E-state index in [4.69, 9.17) is 9.47 Å². The van der Waals surface area contributed by atoms with Gasteiger partial charge in [-0.3, -0.25) is 4.79 Å². The molecule has 1 aliphatic heterocycles. The zero-order valence-corrected chi connectivity index (χ0v) is 22.7.